The van der Waals surface area contributed by atoms with Crippen molar-refractivity contribution in [3.05, 3.63) is 28.6 Å². The molecule has 0 saturated carbocycles. The van der Waals surface area contributed by atoms with E-state index in [4.69, 9.17) is 9.47 Å². The molecule has 0 aromatic heterocycles. The highest BCUT2D eigenvalue weighted by Gasteiger charge is 2.27. The molecule has 1 aliphatic heterocycles. The van der Waals surface area contributed by atoms with Gasteiger partial charge in [-0.1, -0.05) is 34.1 Å². The van der Waals surface area contributed by atoms with E-state index >= 15 is 0 Å². The topological polar surface area (TPSA) is 81.0 Å². The fourth-order valence-corrected chi connectivity index (χ4v) is 3.16. The minimum atomic E-state index is -1.10. The first-order chi connectivity index (χ1) is 13.6. The Kier molecular flexibility index (Phi) is 7.16. The molecule has 2 aliphatic rings. The first-order valence-electron chi connectivity index (χ1n) is 10.0. The fourth-order valence-electron chi connectivity index (χ4n) is 3.16. The van der Waals surface area contributed by atoms with Crippen LogP contribution in [0.15, 0.2) is 23.1 Å². The lowest BCUT2D eigenvalue weighted by atomic mass is 9.95. The summed E-state index contributed by atoms with van der Waals surface area (Å²) in [5.74, 6) is 1.10. The molecule has 0 saturated heterocycles. The summed E-state index contributed by atoms with van der Waals surface area (Å²) in [5, 5.41) is 9.67. The summed E-state index contributed by atoms with van der Waals surface area (Å²) in [6.07, 6.45) is 2.54. The lowest BCUT2D eigenvalue weighted by Crippen LogP contribution is -2.30. The Bertz CT molecular complexity index is 882. The van der Waals surface area contributed by atoms with Crippen LogP contribution in [0, 0.1) is 5.41 Å². The van der Waals surface area contributed by atoms with Crippen molar-refractivity contribution in [2.45, 2.75) is 54.0 Å². The Morgan fingerprint density at radius 3 is 2.45 bits per heavy atom. The molecule has 2 rings (SSSR count). The average Bonchev–Trinajstić information content (AvgIpc) is 2.61. The summed E-state index contributed by atoms with van der Waals surface area (Å²) >= 11 is 0. The van der Waals surface area contributed by atoms with Gasteiger partial charge in [0.15, 0.2) is 17.3 Å². The number of amides is 1. The van der Waals surface area contributed by atoms with Gasteiger partial charge in [0.1, 0.15) is 0 Å². The molecule has 0 aromatic rings. The van der Waals surface area contributed by atoms with Gasteiger partial charge in [-0.25, -0.2) is 4.79 Å². The lowest BCUT2D eigenvalue weighted by Gasteiger charge is -2.30. The van der Waals surface area contributed by atoms with E-state index in [0.29, 0.717) is 36.9 Å². The van der Waals surface area contributed by atoms with Crippen LogP contribution in [0.1, 0.15) is 47.5 Å². The van der Waals surface area contributed by atoms with E-state index in [1.54, 1.807) is 6.07 Å². The number of anilines is 1. The van der Waals surface area contributed by atoms with Crippen molar-refractivity contribution in [3.63, 3.8) is 0 Å². The van der Waals surface area contributed by atoms with Crippen LogP contribution in [0.3, 0.4) is 0 Å². The van der Waals surface area contributed by atoms with E-state index in [9.17, 15) is 14.7 Å². The normalized spacial score (nSPS) is 11.5. The molecule has 1 amide bonds. The van der Waals surface area contributed by atoms with E-state index < -0.39 is 6.09 Å². The number of pyridine rings is 1. The third-order valence-corrected chi connectivity index (χ3v) is 4.42. The smallest absolute Gasteiger partial charge is 0.412 e. The highest BCUT2D eigenvalue weighted by Crippen LogP contribution is 2.42. The Morgan fingerprint density at radius 1 is 1.21 bits per heavy atom. The number of unbranched alkanes of at least 4 members (excludes halogenated alkanes) is 1. The minimum Gasteiger partial charge on any atom is -0.490 e. The van der Waals surface area contributed by atoms with Crippen LogP contribution in [-0.4, -0.2) is 36.0 Å². The highest BCUT2D eigenvalue weighted by atomic mass is 16.5. The molecule has 1 aliphatic carbocycles. The maximum absolute atomic E-state index is 12.5. The summed E-state index contributed by atoms with van der Waals surface area (Å²) in [4.78, 5) is 25.5. The quantitative estimate of drug-likeness (QED) is 0.646. The lowest BCUT2D eigenvalue weighted by molar-refractivity contribution is 0.202. The maximum Gasteiger partial charge on any atom is 0.412 e. The Hall–Kier alpha value is -2.70. The van der Waals surface area contributed by atoms with Crippen LogP contribution in [0.25, 0.3) is 11.1 Å². The fraction of sp³-hybridized carbons (Fsp3) is 0.545. The maximum atomic E-state index is 12.5. The van der Waals surface area contributed by atoms with Crippen LogP contribution >= 0.6 is 0 Å². The standard InChI is InChI=1S/C22H32N2O5/c1-7-9-10-29-19-16-12-17(25)18(28-8-2)11-15(16)13-24(14-22(3,4)5)20(19)23(6)21(26)27/h11-13H,7-10,14H2,1-6H3,(H,26,27). The van der Waals surface area contributed by atoms with Gasteiger partial charge in [-0.3, -0.25) is 9.69 Å². The highest BCUT2D eigenvalue weighted by molar-refractivity contribution is 5.90. The zero-order valence-electron chi connectivity index (χ0n) is 18.2. The van der Waals surface area contributed by atoms with Crippen LogP contribution in [0.2, 0.25) is 0 Å². The van der Waals surface area contributed by atoms with Gasteiger partial charge in [0.25, 0.3) is 0 Å². The predicted octanol–water partition coefficient (Wildman–Crippen LogP) is 4.69. The third-order valence-electron chi connectivity index (χ3n) is 4.42. The Balaban J connectivity index is 2.82. The zero-order chi connectivity index (χ0) is 21.8. The van der Waals surface area contributed by atoms with Gasteiger partial charge >= 0.3 is 6.09 Å². The number of rotatable bonds is 8. The SMILES string of the molecule is CCCCOc1c2cc(=O)c(OCC)cc-2cn(CC(C)(C)C)c1N(C)C(=O)O. The number of ether oxygens (including phenoxy) is 2. The summed E-state index contributed by atoms with van der Waals surface area (Å²) in [6.45, 7) is 11.5. The predicted molar refractivity (Wildman–Crippen MR) is 115 cm³/mol. The number of aromatic nitrogens is 1. The molecule has 0 unspecified atom stereocenters. The van der Waals surface area contributed by atoms with Crippen molar-refractivity contribution in [2.75, 3.05) is 25.2 Å². The first-order valence-corrected chi connectivity index (χ1v) is 10.0. The molecule has 29 heavy (non-hydrogen) atoms. The third kappa shape index (κ3) is 5.43. The second kappa shape index (κ2) is 9.20. The van der Waals surface area contributed by atoms with Crippen molar-refractivity contribution >= 4 is 11.9 Å². The van der Waals surface area contributed by atoms with E-state index in [-0.39, 0.29) is 16.6 Å². The van der Waals surface area contributed by atoms with E-state index in [0.717, 1.165) is 23.3 Å². The zero-order valence-corrected chi connectivity index (χ0v) is 18.2. The monoisotopic (exact) mass is 404 g/mol. The molecule has 1 N–H and O–H groups in total. The average molecular weight is 405 g/mol. The molecule has 0 aromatic carbocycles. The van der Waals surface area contributed by atoms with Crippen LogP contribution in [0.4, 0.5) is 10.6 Å². The van der Waals surface area contributed by atoms with E-state index in [1.807, 2.05) is 17.7 Å². The largest absolute Gasteiger partial charge is 0.490 e. The minimum absolute atomic E-state index is 0.103. The second-order valence-electron chi connectivity index (χ2n) is 8.33. The second-order valence-corrected chi connectivity index (χ2v) is 8.33. The van der Waals surface area contributed by atoms with Gasteiger partial charge in [0, 0.05) is 37.0 Å². The molecule has 0 bridgehead atoms. The summed E-state index contributed by atoms with van der Waals surface area (Å²) in [6, 6.07) is 3.18. The summed E-state index contributed by atoms with van der Waals surface area (Å²) < 4.78 is 13.4. The van der Waals surface area contributed by atoms with Crippen molar-refractivity contribution in [2.24, 2.45) is 5.41 Å². The van der Waals surface area contributed by atoms with Crippen molar-refractivity contribution in [1.29, 1.82) is 0 Å². The number of carboxylic acid groups (broad SMARTS) is 1. The molecular formula is C22H32N2O5. The number of nitrogens with zero attached hydrogens (tertiary/aromatic N) is 2. The number of carbonyl (C=O) groups is 1. The van der Waals surface area contributed by atoms with Gasteiger partial charge in [-0.05, 0) is 24.8 Å². The Morgan fingerprint density at radius 2 is 1.90 bits per heavy atom. The van der Waals surface area contributed by atoms with Gasteiger partial charge in [0.2, 0.25) is 5.43 Å². The van der Waals surface area contributed by atoms with Crippen molar-refractivity contribution < 1.29 is 19.4 Å². The number of fused-ring (bicyclic) bond motifs is 1. The number of hydrogen-bond acceptors (Lipinski definition) is 4. The van der Waals surface area contributed by atoms with E-state index in [2.05, 4.69) is 27.7 Å². The van der Waals surface area contributed by atoms with Gasteiger partial charge in [-0.15, -0.1) is 0 Å². The van der Waals surface area contributed by atoms with E-state index in [1.165, 1.54) is 13.1 Å². The van der Waals surface area contributed by atoms with Crippen molar-refractivity contribution in [1.82, 2.24) is 4.57 Å². The molecule has 0 fully saturated rings. The molecule has 7 heteroatoms. The van der Waals surface area contributed by atoms with Gasteiger partial charge in [-0.2, -0.15) is 0 Å². The summed E-state index contributed by atoms with van der Waals surface area (Å²) in [5.41, 5.74) is 1.00. The van der Waals surface area contributed by atoms with Gasteiger partial charge in [0.05, 0.1) is 13.2 Å². The molecule has 0 atom stereocenters. The number of hydrogen-bond donors (Lipinski definition) is 1. The molecule has 160 valence electrons. The molecule has 0 spiro atoms. The molecule has 0 radical (unpaired) electrons. The molecule has 7 nitrogen and oxygen atoms in total. The summed E-state index contributed by atoms with van der Waals surface area (Å²) in [7, 11) is 1.49. The van der Waals surface area contributed by atoms with Crippen LogP contribution in [0.5, 0.6) is 11.5 Å². The molecular weight excluding hydrogens is 372 g/mol. The van der Waals surface area contributed by atoms with Gasteiger partial charge < -0.3 is 19.1 Å². The van der Waals surface area contributed by atoms with Crippen molar-refractivity contribution in [3.8, 4) is 22.6 Å². The number of benzene rings is 1. The molecule has 1 heterocycles. The first kappa shape index (κ1) is 22.6. The van der Waals surface area contributed by atoms with Crippen LogP contribution in [-0.2, 0) is 6.54 Å². The Labute approximate surface area is 172 Å². The van der Waals surface area contributed by atoms with Crippen LogP contribution < -0.4 is 19.8 Å².